The van der Waals surface area contributed by atoms with Gasteiger partial charge in [0.05, 0.1) is 0 Å². The lowest BCUT2D eigenvalue weighted by molar-refractivity contribution is 0.152. The first-order valence-corrected chi connectivity index (χ1v) is 5.47. The fourth-order valence-corrected chi connectivity index (χ4v) is 1.66. The molecule has 0 spiro atoms. The second kappa shape index (κ2) is 8.01. The predicted molar refractivity (Wildman–Crippen MR) is 62.6 cm³/mol. The van der Waals surface area contributed by atoms with Crippen molar-refractivity contribution in [1.82, 2.24) is 5.32 Å². The molecule has 84 valence electrons. The lowest BCUT2D eigenvalue weighted by Gasteiger charge is -2.18. The molecule has 0 aromatic heterocycles. The Hall–Kier alpha value is -0.340. The Bertz CT molecular complexity index is 162. The first-order valence-electron chi connectivity index (χ1n) is 5.47. The molecular formula is C12H25NO. The normalized spacial score (nSPS) is 14.9. The van der Waals surface area contributed by atoms with Gasteiger partial charge in [-0.15, -0.1) is 0 Å². The summed E-state index contributed by atoms with van der Waals surface area (Å²) >= 11 is 0. The molecule has 0 rings (SSSR count). The van der Waals surface area contributed by atoms with E-state index in [2.05, 4.69) is 39.1 Å². The van der Waals surface area contributed by atoms with Crippen LogP contribution in [0.4, 0.5) is 0 Å². The van der Waals surface area contributed by atoms with Crippen molar-refractivity contribution in [3.8, 4) is 0 Å². The third-order valence-electron chi connectivity index (χ3n) is 2.11. The molecule has 0 amide bonds. The molecule has 14 heavy (non-hydrogen) atoms. The van der Waals surface area contributed by atoms with Crippen LogP contribution in [-0.2, 0) is 4.74 Å². The number of methoxy groups -OCH3 is 1. The van der Waals surface area contributed by atoms with E-state index in [1.807, 2.05) is 0 Å². The Morgan fingerprint density at radius 1 is 1.43 bits per heavy atom. The molecule has 0 bridgehead atoms. The zero-order valence-corrected chi connectivity index (χ0v) is 10.3. The molecule has 0 heterocycles. The van der Waals surface area contributed by atoms with Crippen molar-refractivity contribution in [2.45, 2.75) is 40.2 Å². The Balaban J connectivity index is 4.01. The number of hydrogen-bond acceptors (Lipinski definition) is 2. The molecular weight excluding hydrogens is 174 g/mol. The quantitative estimate of drug-likeness (QED) is 0.636. The van der Waals surface area contributed by atoms with E-state index in [-0.39, 0.29) is 0 Å². The van der Waals surface area contributed by atoms with Crippen LogP contribution in [0.15, 0.2) is 11.6 Å². The van der Waals surface area contributed by atoms with E-state index in [0.29, 0.717) is 12.0 Å². The third kappa shape index (κ3) is 7.10. The number of hydrogen-bond donors (Lipinski definition) is 1. The summed E-state index contributed by atoms with van der Waals surface area (Å²) in [7, 11) is 1.76. The minimum Gasteiger partial charge on any atom is -0.384 e. The average molecular weight is 199 g/mol. The molecule has 0 radical (unpaired) electrons. The molecule has 0 aliphatic heterocycles. The summed E-state index contributed by atoms with van der Waals surface area (Å²) in [4.78, 5) is 0. The van der Waals surface area contributed by atoms with Gasteiger partial charge in [0.25, 0.3) is 0 Å². The van der Waals surface area contributed by atoms with Crippen LogP contribution in [0.1, 0.15) is 34.1 Å². The monoisotopic (exact) mass is 199 g/mol. The summed E-state index contributed by atoms with van der Waals surface area (Å²) in [5, 5.41) is 3.47. The molecule has 0 saturated heterocycles. The second-order valence-electron chi connectivity index (χ2n) is 4.20. The second-order valence-corrected chi connectivity index (χ2v) is 4.20. The predicted octanol–water partition coefficient (Wildman–Crippen LogP) is 2.60. The number of nitrogens with one attached hydrogen (secondary N) is 1. The fourth-order valence-electron chi connectivity index (χ4n) is 1.66. The van der Waals surface area contributed by atoms with E-state index in [9.17, 15) is 0 Å². The summed E-state index contributed by atoms with van der Waals surface area (Å²) in [5.41, 5.74) is 1.38. The lowest BCUT2D eigenvalue weighted by Crippen LogP contribution is -2.29. The maximum Gasteiger partial charge on any atom is 0.0488 e. The first kappa shape index (κ1) is 13.7. The highest BCUT2D eigenvalue weighted by Crippen LogP contribution is 2.09. The number of rotatable bonds is 7. The van der Waals surface area contributed by atoms with Crippen molar-refractivity contribution in [2.75, 3.05) is 20.3 Å². The van der Waals surface area contributed by atoms with Gasteiger partial charge >= 0.3 is 0 Å². The maximum absolute atomic E-state index is 5.14. The van der Waals surface area contributed by atoms with Gasteiger partial charge in [0.15, 0.2) is 0 Å². The largest absolute Gasteiger partial charge is 0.384 e. The van der Waals surface area contributed by atoms with E-state index in [0.717, 1.165) is 19.6 Å². The number of ether oxygens (including phenoxy) is 1. The Kier molecular flexibility index (Phi) is 7.81. The van der Waals surface area contributed by atoms with E-state index in [1.54, 1.807) is 7.11 Å². The highest BCUT2D eigenvalue weighted by Gasteiger charge is 2.09. The summed E-state index contributed by atoms with van der Waals surface area (Å²) in [6.07, 6.45) is 3.45. The van der Waals surface area contributed by atoms with Crippen molar-refractivity contribution in [3.63, 3.8) is 0 Å². The summed E-state index contributed by atoms with van der Waals surface area (Å²) in [6.45, 7) is 10.5. The molecule has 2 atom stereocenters. The van der Waals surface area contributed by atoms with Crippen molar-refractivity contribution in [2.24, 2.45) is 5.92 Å². The fraction of sp³-hybridized carbons (Fsp3) is 0.833. The SMILES string of the molecule is CCNC(C=C(C)C)CC(C)COC. The maximum atomic E-state index is 5.14. The van der Waals surface area contributed by atoms with Crippen molar-refractivity contribution < 1.29 is 4.74 Å². The number of allylic oxidation sites excluding steroid dienone is 1. The van der Waals surface area contributed by atoms with E-state index >= 15 is 0 Å². The third-order valence-corrected chi connectivity index (χ3v) is 2.11. The average Bonchev–Trinajstić information content (AvgIpc) is 2.03. The number of likely N-dealkylation sites (N-methyl/N-ethyl adjacent to an activating group) is 1. The van der Waals surface area contributed by atoms with Gasteiger partial charge in [0.1, 0.15) is 0 Å². The minimum atomic E-state index is 0.496. The van der Waals surface area contributed by atoms with Gasteiger partial charge in [0, 0.05) is 19.8 Å². The van der Waals surface area contributed by atoms with Crippen LogP contribution in [0.2, 0.25) is 0 Å². The molecule has 0 saturated carbocycles. The van der Waals surface area contributed by atoms with Crippen LogP contribution >= 0.6 is 0 Å². The van der Waals surface area contributed by atoms with Gasteiger partial charge in [-0.25, -0.2) is 0 Å². The molecule has 0 aromatic carbocycles. The van der Waals surface area contributed by atoms with Gasteiger partial charge in [0.2, 0.25) is 0 Å². The molecule has 0 fully saturated rings. The van der Waals surface area contributed by atoms with Gasteiger partial charge in [-0.05, 0) is 32.7 Å². The van der Waals surface area contributed by atoms with Crippen LogP contribution in [-0.4, -0.2) is 26.3 Å². The highest BCUT2D eigenvalue weighted by molar-refractivity contribution is 5.01. The zero-order chi connectivity index (χ0) is 11.0. The van der Waals surface area contributed by atoms with Crippen LogP contribution in [0.25, 0.3) is 0 Å². The van der Waals surface area contributed by atoms with Gasteiger partial charge in [-0.2, -0.15) is 0 Å². The molecule has 0 aliphatic carbocycles. The van der Waals surface area contributed by atoms with Gasteiger partial charge < -0.3 is 10.1 Å². The Labute approximate surface area is 88.7 Å². The van der Waals surface area contributed by atoms with E-state index in [1.165, 1.54) is 5.57 Å². The Morgan fingerprint density at radius 2 is 2.07 bits per heavy atom. The van der Waals surface area contributed by atoms with Crippen molar-refractivity contribution in [1.29, 1.82) is 0 Å². The molecule has 2 nitrogen and oxygen atoms in total. The van der Waals surface area contributed by atoms with Crippen LogP contribution < -0.4 is 5.32 Å². The minimum absolute atomic E-state index is 0.496. The standard InChI is InChI=1S/C12H25NO/c1-6-13-12(7-10(2)3)8-11(4)9-14-5/h7,11-13H,6,8-9H2,1-5H3. The lowest BCUT2D eigenvalue weighted by atomic mass is 10.0. The van der Waals surface area contributed by atoms with E-state index in [4.69, 9.17) is 4.74 Å². The topological polar surface area (TPSA) is 21.3 Å². The Morgan fingerprint density at radius 3 is 2.50 bits per heavy atom. The summed E-state index contributed by atoms with van der Waals surface area (Å²) in [6, 6.07) is 0.496. The van der Waals surface area contributed by atoms with Gasteiger partial charge in [-0.1, -0.05) is 25.5 Å². The van der Waals surface area contributed by atoms with Crippen LogP contribution in [0.3, 0.4) is 0 Å². The molecule has 0 aliphatic rings. The van der Waals surface area contributed by atoms with Gasteiger partial charge in [-0.3, -0.25) is 0 Å². The molecule has 2 unspecified atom stereocenters. The van der Waals surface area contributed by atoms with Crippen molar-refractivity contribution in [3.05, 3.63) is 11.6 Å². The molecule has 1 N–H and O–H groups in total. The molecule has 0 aromatic rings. The first-order chi connectivity index (χ1) is 6.60. The van der Waals surface area contributed by atoms with Crippen LogP contribution in [0.5, 0.6) is 0 Å². The van der Waals surface area contributed by atoms with Crippen LogP contribution in [0, 0.1) is 5.92 Å². The smallest absolute Gasteiger partial charge is 0.0488 e. The summed E-state index contributed by atoms with van der Waals surface area (Å²) in [5.74, 6) is 0.611. The summed E-state index contributed by atoms with van der Waals surface area (Å²) < 4.78 is 5.14. The highest BCUT2D eigenvalue weighted by atomic mass is 16.5. The zero-order valence-electron chi connectivity index (χ0n) is 10.3. The van der Waals surface area contributed by atoms with Crippen molar-refractivity contribution >= 4 is 0 Å². The molecule has 2 heteroatoms. The van der Waals surface area contributed by atoms with E-state index < -0.39 is 0 Å².